The maximum absolute atomic E-state index is 14.0. The summed E-state index contributed by atoms with van der Waals surface area (Å²) in [6.45, 7) is 4.23. The Labute approximate surface area is 508 Å². The number of amides is 2. The molecule has 0 saturated heterocycles. The molecule has 0 saturated carbocycles. The van der Waals surface area contributed by atoms with Crippen molar-refractivity contribution in [3.8, 4) is 34.0 Å². The van der Waals surface area contributed by atoms with Gasteiger partial charge in [-0.1, -0.05) is 146 Å². The van der Waals surface area contributed by atoms with Crippen LogP contribution in [0.5, 0.6) is 11.5 Å². The summed E-state index contributed by atoms with van der Waals surface area (Å²) in [5, 5.41) is 25.8. The lowest BCUT2D eigenvalue weighted by atomic mass is 9.52. The first-order valence-corrected chi connectivity index (χ1v) is 31.5. The van der Waals surface area contributed by atoms with Gasteiger partial charge in [-0.3, -0.25) is 9.59 Å². The molecule has 16 heteroatoms. The molecule has 4 bridgehead atoms. The van der Waals surface area contributed by atoms with E-state index in [0.29, 0.717) is 10.3 Å². The van der Waals surface area contributed by atoms with Gasteiger partial charge in [0.15, 0.2) is 10.3 Å². The van der Waals surface area contributed by atoms with E-state index in [4.69, 9.17) is 37.9 Å². The van der Waals surface area contributed by atoms with E-state index < -0.39 is 10.8 Å². The predicted molar refractivity (Wildman–Crippen MR) is 343 cm³/mol. The summed E-state index contributed by atoms with van der Waals surface area (Å²) in [7, 11) is 1.68. The normalized spacial score (nSPS) is 20.2. The molecule has 3 N–H and O–H groups in total. The van der Waals surface area contributed by atoms with Gasteiger partial charge in [0.05, 0.1) is 34.7 Å². The highest BCUT2D eigenvalue weighted by Crippen LogP contribution is 2.63. The molecule has 0 fully saturated rings. The van der Waals surface area contributed by atoms with Crippen LogP contribution < -0.4 is 15.4 Å². The molecule has 0 spiro atoms. The van der Waals surface area contributed by atoms with Crippen molar-refractivity contribution in [2.45, 2.75) is 50.4 Å². The number of hydrogen-bond donors (Lipinski definition) is 3. The number of fused-ring (bicyclic) bond motifs is 4. The second kappa shape index (κ2) is 23.6. The van der Waals surface area contributed by atoms with Gasteiger partial charge in [-0.05, 0) is 117 Å². The van der Waals surface area contributed by atoms with E-state index in [0.717, 1.165) is 62.7 Å². The smallest absolute Gasteiger partial charge is 0.369 e. The standard InChI is InChI=1S/C32H26N2O2S.C31H24N2O2S.CH2Cl2.BBr3/c1-32(17-27-22-9-3-5-11-25(22)29(32)26-12-6-4-10-23(26)27)30(35)34-31-33-28(18-37-31)24-13-7-8-19-16-20(36-2)14-15-21(19)24;1-31(16-26-21-8-2-4-10-24(21)28(31)25-11-5-3-9-22(25)26)29(35)33-30-32-27(17-36-30)23-12-6-7-18-15-19(34)13-14-20(18)23;2-1-3;2-1(3)4/h3-16,18,27,29H,17H2,1-2H3,(H,33,34,35);2-15,17,26,28,34H,16H2,1H3,(H,32,33,35);1H2;. The van der Waals surface area contributed by atoms with Crippen molar-refractivity contribution in [1.82, 2.24) is 9.97 Å². The number of nitrogens with one attached hydrogen (secondary N) is 2. The summed E-state index contributed by atoms with van der Waals surface area (Å²) in [6.07, 6.45) is 1.57. The van der Waals surface area contributed by atoms with Crippen molar-refractivity contribution in [2.75, 3.05) is 23.1 Å². The highest BCUT2D eigenvalue weighted by molar-refractivity contribution is 9.69. The van der Waals surface area contributed by atoms with Crippen molar-refractivity contribution in [2.24, 2.45) is 10.8 Å². The van der Waals surface area contributed by atoms with Crippen LogP contribution in [0.15, 0.2) is 181 Å². The zero-order valence-corrected chi connectivity index (χ0v) is 51.5. The van der Waals surface area contributed by atoms with Crippen LogP contribution in [0.3, 0.4) is 0 Å². The second-order valence-corrected chi connectivity index (χ2v) is 29.6. The molecule has 2 aromatic heterocycles. The number of ether oxygens (including phenoxy) is 1. The molecule has 6 aliphatic carbocycles. The number of alkyl halides is 2. The Kier molecular flexibility index (Phi) is 16.5. The number of nitrogens with zero attached hydrogens (tertiary/aromatic N) is 2. The lowest BCUT2D eigenvalue weighted by molar-refractivity contribution is -0.127. The first-order chi connectivity index (χ1) is 38.7. The van der Waals surface area contributed by atoms with Gasteiger partial charge >= 0.3 is 3.18 Å². The molecule has 8 aromatic carbocycles. The maximum atomic E-state index is 14.0. The quantitative estimate of drug-likeness (QED) is 0.108. The molecule has 2 amide bonds. The Balaban J connectivity index is 0.000000151. The van der Waals surface area contributed by atoms with E-state index in [9.17, 15) is 14.7 Å². The highest BCUT2D eigenvalue weighted by Gasteiger charge is 2.55. The van der Waals surface area contributed by atoms with Crippen molar-refractivity contribution >= 4 is 140 Å². The number of thiazole rings is 2. The third kappa shape index (κ3) is 10.5. The number of aromatic hydroxyl groups is 1. The van der Waals surface area contributed by atoms with Gasteiger partial charge in [0.25, 0.3) is 0 Å². The van der Waals surface area contributed by atoms with E-state index in [1.165, 1.54) is 67.2 Å². The fourth-order valence-electron chi connectivity index (χ4n) is 12.9. The topological polar surface area (TPSA) is 113 Å². The molecule has 2 heterocycles. The molecule has 6 aliphatic rings. The van der Waals surface area contributed by atoms with Crippen LogP contribution >= 0.6 is 93.1 Å². The molecule has 402 valence electrons. The third-order valence-corrected chi connectivity index (χ3v) is 17.8. The first-order valence-electron chi connectivity index (χ1n) is 26.0. The number of halogens is 5. The first kappa shape index (κ1) is 56.0. The van der Waals surface area contributed by atoms with Crippen LogP contribution in [0, 0.1) is 10.8 Å². The number of phenols is 1. The van der Waals surface area contributed by atoms with E-state index in [1.807, 2.05) is 53.2 Å². The van der Waals surface area contributed by atoms with Gasteiger partial charge in [0.2, 0.25) is 11.8 Å². The molecule has 10 aromatic rings. The van der Waals surface area contributed by atoms with E-state index in [2.05, 4.69) is 187 Å². The minimum absolute atomic E-state index is 0.0140. The summed E-state index contributed by atoms with van der Waals surface area (Å²) >= 11 is 21.8. The largest absolute Gasteiger partial charge is 0.508 e. The number of anilines is 2. The van der Waals surface area contributed by atoms with Gasteiger partial charge in [0.1, 0.15) is 11.5 Å². The number of carbonyl (C=O) groups excluding carboxylic acids is 2. The number of aromatic nitrogens is 2. The van der Waals surface area contributed by atoms with Gasteiger partial charge < -0.3 is 20.5 Å². The Morgan fingerprint density at radius 1 is 0.575 bits per heavy atom. The maximum Gasteiger partial charge on any atom is 0.369 e. The Morgan fingerprint density at radius 2 is 0.938 bits per heavy atom. The van der Waals surface area contributed by atoms with Crippen molar-refractivity contribution in [3.63, 3.8) is 0 Å². The number of benzene rings is 8. The van der Waals surface area contributed by atoms with E-state index in [1.54, 1.807) is 19.2 Å². The molecular formula is C64H52BBr3Cl2N4O4S2. The van der Waals surface area contributed by atoms with Crippen LogP contribution in [0.2, 0.25) is 0 Å². The zero-order chi connectivity index (χ0) is 55.9. The SMILES string of the molecule is BrB(Br)Br.CC1(C(=O)Nc2nc(-c3cccc4cc(O)ccc34)cs2)CC2c3ccccc3C1c1ccccc12.COc1ccc2c(-c3csc(NC(=O)C4(C)CC5c6ccccc6C4c4ccccc45)n3)cccc2c1.ClCCl. The third-order valence-electron chi connectivity index (χ3n) is 16.3. The molecule has 16 rings (SSSR count). The number of carbonyl (C=O) groups is 2. The Morgan fingerprint density at radius 3 is 1.32 bits per heavy atom. The lowest BCUT2D eigenvalue weighted by Crippen LogP contribution is -2.47. The molecule has 0 radical (unpaired) electrons. The zero-order valence-electron chi connectivity index (χ0n) is 43.6. The van der Waals surface area contributed by atoms with E-state index >= 15 is 0 Å². The predicted octanol–water partition coefficient (Wildman–Crippen LogP) is 18.5. The van der Waals surface area contributed by atoms with Crippen LogP contribution in [0.1, 0.15) is 94.9 Å². The van der Waals surface area contributed by atoms with Crippen molar-refractivity contribution in [1.29, 1.82) is 0 Å². The summed E-state index contributed by atoms with van der Waals surface area (Å²) in [5.41, 5.74) is 13.1. The molecule has 2 atom stereocenters. The lowest BCUT2D eigenvalue weighted by Gasteiger charge is -2.50. The van der Waals surface area contributed by atoms with Crippen LogP contribution in [0.25, 0.3) is 44.1 Å². The number of rotatable bonds is 7. The van der Waals surface area contributed by atoms with Gasteiger partial charge in [-0.25, -0.2) is 9.97 Å². The monoisotopic (exact) mass is 1320 g/mol. The van der Waals surface area contributed by atoms with Crippen molar-refractivity contribution < 1.29 is 19.4 Å². The summed E-state index contributed by atoms with van der Waals surface area (Å²) in [4.78, 5) is 37.5. The van der Waals surface area contributed by atoms with Crippen molar-refractivity contribution in [3.05, 3.63) is 225 Å². The molecule has 0 aliphatic heterocycles. The number of methoxy groups -OCH3 is 1. The van der Waals surface area contributed by atoms with Gasteiger partial charge in [-0.15, -0.1) is 93.1 Å². The van der Waals surface area contributed by atoms with E-state index in [-0.39, 0.29) is 49.8 Å². The van der Waals surface area contributed by atoms with Gasteiger partial charge in [0, 0.05) is 45.6 Å². The van der Waals surface area contributed by atoms with Gasteiger partial charge in [-0.2, -0.15) is 0 Å². The summed E-state index contributed by atoms with van der Waals surface area (Å²) in [5.74, 6) is 1.61. The summed E-state index contributed by atoms with van der Waals surface area (Å²) in [6, 6.07) is 58.0. The molecular weight excluding hydrogens is 1270 g/mol. The van der Waals surface area contributed by atoms with Crippen LogP contribution in [0.4, 0.5) is 10.3 Å². The van der Waals surface area contributed by atoms with Crippen LogP contribution in [-0.2, 0) is 9.59 Å². The Bertz CT molecular complexity index is 3880. The fourth-order valence-corrected chi connectivity index (χ4v) is 14.3. The number of phenolic OH excluding ortho intramolecular Hbond substituents is 1. The second-order valence-electron chi connectivity index (χ2n) is 20.7. The molecule has 8 nitrogen and oxygen atoms in total. The Hall–Kier alpha value is -5.84. The molecule has 2 unspecified atom stereocenters. The number of hydrogen-bond acceptors (Lipinski definition) is 8. The minimum Gasteiger partial charge on any atom is -0.508 e. The minimum atomic E-state index is -0.573. The average Bonchev–Trinajstić information content (AvgIpc) is 4.29. The average molecular weight is 1330 g/mol. The fraction of sp³-hybridized carbons (Fsp3) is 0.188. The highest BCUT2D eigenvalue weighted by atomic mass is 79.9. The van der Waals surface area contributed by atoms with Crippen LogP contribution in [-0.4, -0.2) is 42.5 Å². The summed E-state index contributed by atoms with van der Waals surface area (Å²) < 4.78 is 5.66. The molecule has 80 heavy (non-hydrogen) atoms.